The van der Waals surface area contributed by atoms with Crippen LogP contribution in [0.25, 0.3) is 0 Å². The molecule has 0 saturated heterocycles. The van der Waals surface area contributed by atoms with Crippen molar-refractivity contribution in [3.63, 3.8) is 0 Å². The van der Waals surface area contributed by atoms with Crippen LogP contribution in [-0.2, 0) is 19.5 Å². The molecule has 5 nitrogen and oxygen atoms in total. The number of amides is 2. The lowest BCUT2D eigenvalue weighted by Gasteiger charge is -2.25. The number of nitrogens with one attached hydrogen (secondary N) is 2. The summed E-state index contributed by atoms with van der Waals surface area (Å²) in [7, 11) is 0. The number of aromatic nitrogens is 1. The lowest BCUT2D eigenvalue weighted by molar-refractivity contribution is 0.247. The highest BCUT2D eigenvalue weighted by Gasteiger charge is 2.21. The number of rotatable bonds is 4. The van der Waals surface area contributed by atoms with E-state index in [1.54, 1.807) is 11.3 Å². The molecule has 2 amide bonds. The van der Waals surface area contributed by atoms with E-state index in [-0.39, 0.29) is 12.1 Å². The quantitative estimate of drug-likeness (QED) is 0.865. The SMILES string of the molecule is CC(C)NC(=O)Nc1nc2c(s1)CN(Cc1ccc(Cl)cc1)CC2. The number of hydrogen-bond acceptors (Lipinski definition) is 4. The number of carbonyl (C=O) groups is 1. The van der Waals surface area contributed by atoms with Crippen molar-refractivity contribution in [3.05, 3.63) is 45.4 Å². The first-order chi connectivity index (χ1) is 11.5. The van der Waals surface area contributed by atoms with Crippen molar-refractivity contribution in [2.24, 2.45) is 0 Å². The predicted molar refractivity (Wildman–Crippen MR) is 98.7 cm³/mol. The molecule has 0 bridgehead atoms. The molecule has 2 N–H and O–H groups in total. The van der Waals surface area contributed by atoms with Crippen LogP contribution in [0.2, 0.25) is 5.02 Å². The Hall–Kier alpha value is -1.63. The van der Waals surface area contributed by atoms with Crippen molar-refractivity contribution in [3.8, 4) is 0 Å². The minimum absolute atomic E-state index is 0.106. The van der Waals surface area contributed by atoms with Gasteiger partial charge in [-0.1, -0.05) is 23.7 Å². The van der Waals surface area contributed by atoms with E-state index in [9.17, 15) is 4.79 Å². The fourth-order valence-electron chi connectivity index (χ4n) is 2.68. The van der Waals surface area contributed by atoms with Crippen molar-refractivity contribution in [2.75, 3.05) is 11.9 Å². The molecule has 3 rings (SSSR count). The van der Waals surface area contributed by atoms with Crippen LogP contribution in [0.5, 0.6) is 0 Å². The van der Waals surface area contributed by atoms with E-state index < -0.39 is 0 Å². The number of carbonyl (C=O) groups excluding carboxylic acids is 1. The van der Waals surface area contributed by atoms with Gasteiger partial charge >= 0.3 is 6.03 Å². The highest BCUT2D eigenvalue weighted by atomic mass is 35.5. The van der Waals surface area contributed by atoms with Crippen LogP contribution in [0.4, 0.5) is 9.93 Å². The van der Waals surface area contributed by atoms with Gasteiger partial charge in [0.1, 0.15) is 0 Å². The Morgan fingerprint density at radius 1 is 1.38 bits per heavy atom. The molecule has 0 unspecified atom stereocenters. The van der Waals surface area contributed by atoms with E-state index in [4.69, 9.17) is 11.6 Å². The summed E-state index contributed by atoms with van der Waals surface area (Å²) in [5.41, 5.74) is 2.36. The minimum atomic E-state index is -0.200. The van der Waals surface area contributed by atoms with E-state index in [1.165, 1.54) is 10.4 Å². The van der Waals surface area contributed by atoms with Gasteiger partial charge in [-0.3, -0.25) is 10.2 Å². The van der Waals surface area contributed by atoms with Crippen LogP contribution in [-0.4, -0.2) is 28.5 Å². The summed E-state index contributed by atoms with van der Waals surface area (Å²) in [6.07, 6.45) is 0.910. The van der Waals surface area contributed by atoms with Gasteiger partial charge in [-0.15, -0.1) is 11.3 Å². The second-order valence-electron chi connectivity index (χ2n) is 6.23. The maximum Gasteiger partial charge on any atom is 0.321 e. The molecular formula is C17H21ClN4OS. The Balaban J connectivity index is 1.61. The van der Waals surface area contributed by atoms with Gasteiger partial charge in [-0.05, 0) is 31.5 Å². The Labute approximate surface area is 151 Å². The summed E-state index contributed by atoms with van der Waals surface area (Å²) in [6, 6.07) is 7.88. The van der Waals surface area contributed by atoms with Gasteiger partial charge in [0.2, 0.25) is 0 Å². The molecule has 1 aromatic carbocycles. The summed E-state index contributed by atoms with van der Waals surface area (Å²) < 4.78 is 0. The third-order valence-corrected chi connectivity index (χ3v) is 5.02. The van der Waals surface area contributed by atoms with E-state index >= 15 is 0 Å². The summed E-state index contributed by atoms with van der Waals surface area (Å²) in [5.74, 6) is 0. The Kier molecular flexibility index (Phi) is 5.38. The zero-order chi connectivity index (χ0) is 17.1. The van der Waals surface area contributed by atoms with Gasteiger partial charge in [0.25, 0.3) is 0 Å². The molecule has 0 saturated carbocycles. The highest BCUT2D eigenvalue weighted by Crippen LogP contribution is 2.29. The molecule has 2 aromatic rings. The molecule has 7 heteroatoms. The molecule has 0 radical (unpaired) electrons. The Bertz CT molecular complexity index is 714. The number of halogens is 1. The van der Waals surface area contributed by atoms with Crippen molar-refractivity contribution in [1.82, 2.24) is 15.2 Å². The number of urea groups is 1. The van der Waals surface area contributed by atoms with Crippen molar-refractivity contribution >= 4 is 34.1 Å². The molecule has 128 valence electrons. The number of thiazole rings is 1. The second kappa shape index (κ2) is 7.51. The van der Waals surface area contributed by atoms with Gasteiger partial charge in [0.05, 0.1) is 5.69 Å². The van der Waals surface area contributed by atoms with Gasteiger partial charge in [0, 0.05) is 42.0 Å². The zero-order valence-electron chi connectivity index (χ0n) is 13.8. The molecule has 24 heavy (non-hydrogen) atoms. The number of hydrogen-bond donors (Lipinski definition) is 2. The monoisotopic (exact) mass is 364 g/mol. The maximum absolute atomic E-state index is 11.8. The van der Waals surface area contributed by atoms with Gasteiger partial charge < -0.3 is 5.32 Å². The fraction of sp³-hybridized carbons (Fsp3) is 0.412. The molecule has 0 spiro atoms. The van der Waals surface area contributed by atoms with Gasteiger partial charge in [-0.25, -0.2) is 9.78 Å². The molecular weight excluding hydrogens is 344 g/mol. The molecule has 1 aromatic heterocycles. The topological polar surface area (TPSA) is 57.3 Å². The van der Waals surface area contributed by atoms with E-state index in [1.807, 2.05) is 26.0 Å². The molecule has 1 aliphatic heterocycles. The zero-order valence-corrected chi connectivity index (χ0v) is 15.4. The first kappa shape index (κ1) is 17.2. The largest absolute Gasteiger partial charge is 0.336 e. The van der Waals surface area contributed by atoms with Gasteiger partial charge in [0.15, 0.2) is 5.13 Å². The Morgan fingerprint density at radius 2 is 2.12 bits per heavy atom. The fourth-order valence-corrected chi connectivity index (χ4v) is 3.85. The first-order valence-electron chi connectivity index (χ1n) is 8.02. The first-order valence-corrected chi connectivity index (χ1v) is 9.22. The molecule has 0 aliphatic carbocycles. The third kappa shape index (κ3) is 4.47. The van der Waals surface area contributed by atoms with Crippen LogP contribution in [0.15, 0.2) is 24.3 Å². The number of fused-ring (bicyclic) bond motifs is 1. The van der Waals surface area contributed by atoms with E-state index in [0.29, 0.717) is 5.13 Å². The van der Waals surface area contributed by atoms with Crippen molar-refractivity contribution < 1.29 is 4.79 Å². The predicted octanol–water partition coefficient (Wildman–Crippen LogP) is 3.88. The average Bonchev–Trinajstić information content (AvgIpc) is 2.90. The number of anilines is 1. The van der Waals surface area contributed by atoms with Crippen molar-refractivity contribution in [2.45, 2.75) is 39.4 Å². The summed E-state index contributed by atoms with van der Waals surface area (Å²) in [4.78, 5) is 20.0. The summed E-state index contributed by atoms with van der Waals surface area (Å²) in [5, 5.41) is 7.07. The standard InChI is InChI=1S/C17H21ClN4OS/c1-11(2)19-16(23)21-17-20-14-7-8-22(10-15(14)24-17)9-12-3-5-13(18)6-4-12/h3-6,11H,7-10H2,1-2H3,(H2,19,20,21,23). The van der Waals surface area contributed by atoms with Gasteiger partial charge in [-0.2, -0.15) is 0 Å². The number of nitrogens with zero attached hydrogens (tertiary/aromatic N) is 2. The molecule has 0 atom stereocenters. The maximum atomic E-state index is 11.8. The normalized spacial score (nSPS) is 14.5. The highest BCUT2D eigenvalue weighted by molar-refractivity contribution is 7.15. The average molecular weight is 365 g/mol. The van der Waals surface area contributed by atoms with Crippen LogP contribution in [0.1, 0.15) is 30.0 Å². The molecule has 2 heterocycles. The van der Waals surface area contributed by atoms with E-state index in [2.05, 4.69) is 32.7 Å². The molecule has 1 aliphatic rings. The smallest absolute Gasteiger partial charge is 0.321 e. The lowest BCUT2D eigenvalue weighted by Crippen LogP contribution is -2.34. The lowest BCUT2D eigenvalue weighted by atomic mass is 10.1. The minimum Gasteiger partial charge on any atom is -0.336 e. The van der Waals surface area contributed by atoms with Crippen molar-refractivity contribution in [1.29, 1.82) is 0 Å². The van der Waals surface area contributed by atoms with E-state index in [0.717, 1.165) is 36.8 Å². The summed E-state index contributed by atoms with van der Waals surface area (Å²) in [6.45, 7) is 6.59. The van der Waals surface area contributed by atoms with Crippen LogP contribution < -0.4 is 10.6 Å². The van der Waals surface area contributed by atoms with Crippen LogP contribution in [0, 0.1) is 0 Å². The Morgan fingerprint density at radius 3 is 2.83 bits per heavy atom. The van der Waals surface area contributed by atoms with Crippen LogP contribution in [0.3, 0.4) is 0 Å². The second-order valence-corrected chi connectivity index (χ2v) is 7.75. The molecule has 0 fully saturated rings. The van der Waals surface area contributed by atoms with Crippen LogP contribution >= 0.6 is 22.9 Å². The summed E-state index contributed by atoms with van der Waals surface area (Å²) >= 11 is 7.50. The third-order valence-electron chi connectivity index (χ3n) is 3.77. The number of benzene rings is 1.